The van der Waals surface area contributed by atoms with Crippen LogP contribution in [0.5, 0.6) is 0 Å². The Hall–Kier alpha value is -0.810. The van der Waals surface area contributed by atoms with Crippen LogP contribution in [0.25, 0.3) is 0 Å². The first-order chi connectivity index (χ1) is 12.2. The number of carbonyl (C=O) groups excluding carboxylic acids is 2. The van der Waals surface area contributed by atoms with Crippen LogP contribution in [0.3, 0.4) is 0 Å². The van der Waals surface area contributed by atoms with Gasteiger partial charge in [0.05, 0.1) is 6.10 Å². The molecule has 4 fully saturated rings. The number of Topliss-reactive ketones (excluding diaryl/α,β-unsaturated/α-hetero) is 2. The first-order valence-corrected chi connectivity index (χ1v) is 10.2. The first kappa shape index (κ1) is 18.5. The van der Waals surface area contributed by atoms with Crippen molar-refractivity contribution in [3.05, 3.63) is 0 Å². The molecule has 4 rings (SSSR count). The highest BCUT2D eigenvalue weighted by atomic mass is 19.1. The predicted molar refractivity (Wildman–Crippen MR) is 94.1 cm³/mol. The van der Waals surface area contributed by atoms with Crippen LogP contribution < -0.4 is 0 Å². The summed E-state index contributed by atoms with van der Waals surface area (Å²) in [4.78, 5) is 24.2. The average Bonchev–Trinajstić information content (AvgIpc) is 2.93. The number of halogens is 1. The van der Waals surface area contributed by atoms with Crippen molar-refractivity contribution in [3.8, 4) is 0 Å². The predicted octanol–water partition coefficient (Wildman–Crippen LogP) is 2.84. The standard InChI is InChI=1S/C21H31FO4/c1-19-10-18(26)21(22)15(14(19)5-6-16(19)17(25)11-23)4-3-12-9-13(24)7-8-20(12,21)2/h12,14-16,18,23,26H,3-11H2,1-2H3/t12-,14-,15-,16+,18+,19-,20-,21-/m0/s1. The van der Waals surface area contributed by atoms with Gasteiger partial charge in [-0.05, 0) is 61.7 Å². The van der Waals surface area contributed by atoms with Gasteiger partial charge in [-0.2, -0.15) is 0 Å². The molecule has 4 aliphatic carbocycles. The van der Waals surface area contributed by atoms with Crippen LogP contribution in [0.4, 0.5) is 4.39 Å². The van der Waals surface area contributed by atoms with Crippen LogP contribution in [0.2, 0.25) is 0 Å². The number of ketones is 2. The molecule has 0 bridgehead atoms. The maximum absolute atomic E-state index is 16.8. The minimum Gasteiger partial charge on any atom is -0.390 e. The third-order valence-corrected chi connectivity index (χ3v) is 9.10. The molecule has 0 amide bonds. The number of aliphatic hydroxyl groups is 2. The molecule has 146 valence electrons. The number of carbonyl (C=O) groups is 2. The van der Waals surface area contributed by atoms with E-state index in [-0.39, 0.29) is 41.7 Å². The highest BCUT2D eigenvalue weighted by molar-refractivity contribution is 5.83. The van der Waals surface area contributed by atoms with Crippen molar-refractivity contribution >= 4 is 11.6 Å². The minimum atomic E-state index is -1.68. The Morgan fingerprint density at radius 2 is 1.88 bits per heavy atom. The van der Waals surface area contributed by atoms with Gasteiger partial charge < -0.3 is 10.2 Å². The average molecular weight is 366 g/mol. The lowest BCUT2D eigenvalue weighted by Gasteiger charge is -2.64. The second kappa shape index (κ2) is 5.84. The molecular weight excluding hydrogens is 335 g/mol. The SMILES string of the molecule is C[C@]12C[C@@H](O)[C@@]3(F)[C@@H](CC[C@H]4CC(=O)CC[C@@]43C)[C@@H]1CC[C@@H]2C(=O)CO. The molecule has 5 heteroatoms. The van der Waals surface area contributed by atoms with Gasteiger partial charge in [0.25, 0.3) is 0 Å². The van der Waals surface area contributed by atoms with E-state index >= 15 is 4.39 Å². The quantitative estimate of drug-likeness (QED) is 0.788. The summed E-state index contributed by atoms with van der Waals surface area (Å²) in [5.74, 6) is -0.416. The van der Waals surface area contributed by atoms with E-state index in [2.05, 4.69) is 0 Å². The van der Waals surface area contributed by atoms with E-state index in [1.54, 1.807) is 0 Å². The molecule has 2 N–H and O–H groups in total. The van der Waals surface area contributed by atoms with Crippen LogP contribution in [0, 0.1) is 34.5 Å². The molecule has 8 atom stereocenters. The third-order valence-electron chi connectivity index (χ3n) is 9.10. The normalized spacial score (nSPS) is 53.6. The van der Waals surface area contributed by atoms with Crippen molar-refractivity contribution < 1.29 is 24.2 Å². The van der Waals surface area contributed by atoms with Gasteiger partial charge in [0.15, 0.2) is 5.78 Å². The third kappa shape index (κ3) is 2.13. The van der Waals surface area contributed by atoms with E-state index < -0.39 is 29.2 Å². The summed E-state index contributed by atoms with van der Waals surface area (Å²) >= 11 is 0. The van der Waals surface area contributed by atoms with Gasteiger partial charge in [0.1, 0.15) is 18.1 Å². The molecule has 0 aromatic heterocycles. The molecule has 0 heterocycles. The maximum Gasteiger partial charge on any atom is 0.161 e. The summed E-state index contributed by atoms with van der Waals surface area (Å²) in [5.41, 5.74) is -2.78. The zero-order valence-electron chi connectivity index (χ0n) is 15.8. The number of fused-ring (bicyclic) bond motifs is 5. The summed E-state index contributed by atoms with van der Waals surface area (Å²) in [7, 11) is 0. The van der Waals surface area contributed by atoms with Crippen LogP contribution in [-0.4, -0.2) is 40.2 Å². The molecule has 26 heavy (non-hydrogen) atoms. The van der Waals surface area contributed by atoms with Crippen LogP contribution in [0.15, 0.2) is 0 Å². The summed E-state index contributed by atoms with van der Waals surface area (Å²) in [6.07, 6.45) is 3.51. The Morgan fingerprint density at radius 1 is 1.19 bits per heavy atom. The molecule has 0 aromatic carbocycles. The number of rotatable bonds is 2. The van der Waals surface area contributed by atoms with Crippen molar-refractivity contribution in [1.82, 2.24) is 0 Å². The molecule has 0 aliphatic heterocycles. The summed E-state index contributed by atoms with van der Waals surface area (Å²) in [6.45, 7) is 3.49. The number of aliphatic hydroxyl groups excluding tert-OH is 2. The Balaban J connectivity index is 1.73. The number of hydrogen-bond donors (Lipinski definition) is 2. The van der Waals surface area contributed by atoms with Gasteiger partial charge in [-0.15, -0.1) is 0 Å². The fourth-order valence-corrected chi connectivity index (χ4v) is 7.69. The molecule has 0 saturated heterocycles. The first-order valence-electron chi connectivity index (χ1n) is 10.2. The van der Waals surface area contributed by atoms with E-state index in [0.29, 0.717) is 32.1 Å². The van der Waals surface area contributed by atoms with E-state index in [4.69, 9.17) is 0 Å². The Labute approximate surface area is 154 Å². The molecule has 0 aromatic rings. The maximum atomic E-state index is 16.8. The van der Waals surface area contributed by atoms with Crippen LogP contribution in [0.1, 0.15) is 65.2 Å². The van der Waals surface area contributed by atoms with E-state index in [1.807, 2.05) is 13.8 Å². The highest BCUT2D eigenvalue weighted by Crippen LogP contribution is 2.70. The van der Waals surface area contributed by atoms with Crippen molar-refractivity contribution in [1.29, 1.82) is 0 Å². The van der Waals surface area contributed by atoms with Crippen molar-refractivity contribution in [2.45, 2.75) is 77.0 Å². The summed E-state index contributed by atoms with van der Waals surface area (Å²) in [6, 6.07) is 0. The zero-order valence-corrected chi connectivity index (χ0v) is 15.8. The lowest BCUT2D eigenvalue weighted by atomic mass is 9.42. The minimum absolute atomic E-state index is 0.0141. The number of alkyl halides is 1. The Kier molecular flexibility index (Phi) is 4.17. The van der Waals surface area contributed by atoms with E-state index in [1.165, 1.54) is 0 Å². The van der Waals surface area contributed by atoms with Crippen molar-refractivity contribution in [2.24, 2.45) is 34.5 Å². The van der Waals surface area contributed by atoms with Gasteiger partial charge in [0.2, 0.25) is 0 Å². The van der Waals surface area contributed by atoms with Gasteiger partial charge >= 0.3 is 0 Å². The lowest BCUT2D eigenvalue weighted by Crippen LogP contribution is -2.69. The van der Waals surface area contributed by atoms with Crippen molar-refractivity contribution in [2.75, 3.05) is 6.61 Å². The van der Waals surface area contributed by atoms with Crippen LogP contribution >= 0.6 is 0 Å². The molecule has 4 nitrogen and oxygen atoms in total. The largest absolute Gasteiger partial charge is 0.390 e. The fourth-order valence-electron chi connectivity index (χ4n) is 7.69. The zero-order chi connectivity index (χ0) is 18.9. The van der Waals surface area contributed by atoms with E-state index in [0.717, 1.165) is 12.8 Å². The fraction of sp³-hybridized carbons (Fsp3) is 0.905. The molecule has 0 unspecified atom stereocenters. The smallest absolute Gasteiger partial charge is 0.161 e. The summed E-state index contributed by atoms with van der Waals surface area (Å²) in [5, 5.41) is 20.4. The lowest BCUT2D eigenvalue weighted by molar-refractivity contribution is -0.242. The van der Waals surface area contributed by atoms with Gasteiger partial charge in [0, 0.05) is 24.2 Å². The van der Waals surface area contributed by atoms with Crippen LogP contribution in [-0.2, 0) is 9.59 Å². The van der Waals surface area contributed by atoms with Gasteiger partial charge in [-0.1, -0.05) is 13.8 Å². The monoisotopic (exact) mass is 366 g/mol. The van der Waals surface area contributed by atoms with Gasteiger partial charge in [-0.25, -0.2) is 4.39 Å². The highest BCUT2D eigenvalue weighted by Gasteiger charge is 2.72. The topological polar surface area (TPSA) is 74.6 Å². The molecule has 4 aliphatic rings. The number of hydrogen-bond acceptors (Lipinski definition) is 4. The van der Waals surface area contributed by atoms with Crippen molar-refractivity contribution in [3.63, 3.8) is 0 Å². The molecule has 4 saturated carbocycles. The summed E-state index contributed by atoms with van der Waals surface area (Å²) < 4.78 is 16.8. The molecular formula is C21H31FO4. The van der Waals surface area contributed by atoms with Gasteiger partial charge in [-0.3, -0.25) is 9.59 Å². The molecule has 0 radical (unpaired) electrons. The Morgan fingerprint density at radius 3 is 2.58 bits per heavy atom. The second-order valence-corrected chi connectivity index (χ2v) is 9.90. The second-order valence-electron chi connectivity index (χ2n) is 9.90. The molecule has 0 spiro atoms. The Bertz CT molecular complexity index is 636. The van der Waals surface area contributed by atoms with E-state index in [9.17, 15) is 19.8 Å².